The molecule has 1 aromatic rings. The van der Waals surface area contributed by atoms with Gasteiger partial charge in [-0.3, -0.25) is 14.4 Å². The number of hydrogen-bond donors (Lipinski definition) is 1. The zero-order valence-electron chi connectivity index (χ0n) is 28.3. The van der Waals surface area contributed by atoms with Crippen LogP contribution in [-0.2, 0) is 33.3 Å². The van der Waals surface area contributed by atoms with Gasteiger partial charge in [-0.05, 0) is 72.2 Å². The lowest BCUT2D eigenvalue weighted by Crippen LogP contribution is -2.48. The molecule has 252 valence electrons. The minimum Gasteiger partial charge on any atom is -0.458 e. The number of carbonyl (C=O) groups is 3. The van der Waals surface area contributed by atoms with E-state index in [0.717, 1.165) is 6.42 Å². The summed E-state index contributed by atoms with van der Waals surface area (Å²) in [5, 5.41) is 10.2. The van der Waals surface area contributed by atoms with Crippen molar-refractivity contribution in [3.05, 3.63) is 43.0 Å². The van der Waals surface area contributed by atoms with Crippen LogP contribution < -0.4 is 0 Å². The summed E-state index contributed by atoms with van der Waals surface area (Å²) < 4.78 is 26.6. The van der Waals surface area contributed by atoms with E-state index in [1.807, 2.05) is 34.9 Å². The van der Waals surface area contributed by atoms with Gasteiger partial charge in [-0.15, -0.1) is 0 Å². The molecule has 0 saturated carbocycles. The van der Waals surface area contributed by atoms with Crippen LogP contribution in [0.25, 0.3) is 0 Å². The molecule has 3 rings (SSSR count). The van der Waals surface area contributed by atoms with Gasteiger partial charge in [-0.1, -0.05) is 33.4 Å². The van der Waals surface area contributed by atoms with Crippen LogP contribution in [-0.4, -0.2) is 94.0 Å². The highest BCUT2D eigenvalue weighted by atomic mass is 16.7. The number of nitrogens with zero attached hydrogens (tertiary/aromatic N) is 3. The summed E-state index contributed by atoms with van der Waals surface area (Å²) in [7, 11) is 4.06. The van der Waals surface area contributed by atoms with E-state index in [1.165, 1.54) is 19.3 Å². The lowest BCUT2D eigenvalue weighted by molar-refractivity contribution is -0.236. The average molecular weight is 632 g/mol. The normalized spacial score (nSPS) is 37.8. The number of rotatable bonds is 8. The number of ketones is 2. The van der Waals surface area contributed by atoms with Crippen LogP contribution in [0.3, 0.4) is 0 Å². The minimum absolute atomic E-state index is 0.0220. The lowest BCUT2D eigenvalue weighted by Gasteiger charge is -2.41. The second-order valence-corrected chi connectivity index (χ2v) is 13.2. The third kappa shape index (κ3) is 8.77. The molecule has 1 saturated heterocycles. The molecule has 0 spiro atoms. The number of ether oxygens (including phenoxy) is 4. The summed E-state index contributed by atoms with van der Waals surface area (Å²) in [6.45, 7) is 16.0. The zero-order chi connectivity index (χ0) is 33.6. The SMILES string of the molecule is C=C[C@]1(OC(CO)n2ccnc2)/C=C(\C)C(=O)[C@H](C)C[C@H](C)[C@H](O[C@H]2C[C@@H](N(C)C)C[C@@H](C)O2)[C@@H](C)C(=O)[C@@H](C)C(=O)O[C@@H]1C. The fraction of sp³-hybridized carbons (Fsp3) is 0.706. The Morgan fingerprint density at radius 1 is 1.16 bits per heavy atom. The number of esters is 1. The highest BCUT2D eigenvalue weighted by molar-refractivity contribution is 6.00. The standard InChI is InChI=1S/C34H53N3O8/c1-11-34(45-28(18-38)37-13-12-35-19-37)17-22(4)30(39)20(2)14-21(3)32(24(6)31(40)25(7)33(41)43-26(34)8)44-29-16-27(36(9)10)15-23(5)42-29/h11-13,17,19-21,23-29,32,38H,1,14-16,18H2,2-10H3/b22-17+/t20-,21+,23-,24+,25-,26-,27+,28?,29+,32+,34+/m1/s1. The first-order valence-corrected chi connectivity index (χ1v) is 16.0. The molecule has 11 nitrogen and oxygen atoms in total. The summed E-state index contributed by atoms with van der Waals surface area (Å²) in [4.78, 5) is 47.4. The Labute approximate surface area is 267 Å². The summed E-state index contributed by atoms with van der Waals surface area (Å²) in [6, 6.07) is 0.258. The number of hydrogen-bond acceptors (Lipinski definition) is 10. The number of allylic oxidation sites excluding steroid dienone is 1. The summed E-state index contributed by atoms with van der Waals surface area (Å²) in [5.41, 5.74) is -1.12. The molecule has 1 aromatic heterocycles. The number of carbonyl (C=O) groups excluding carboxylic acids is 3. The van der Waals surface area contributed by atoms with Crippen molar-refractivity contribution in [1.82, 2.24) is 14.5 Å². The number of imidazole rings is 1. The first-order valence-electron chi connectivity index (χ1n) is 16.0. The molecule has 0 radical (unpaired) electrons. The van der Waals surface area contributed by atoms with Crippen molar-refractivity contribution < 1.29 is 38.4 Å². The third-order valence-corrected chi connectivity index (χ3v) is 9.38. The average Bonchev–Trinajstić information content (AvgIpc) is 3.54. The van der Waals surface area contributed by atoms with Crippen LogP contribution in [0, 0.1) is 23.7 Å². The van der Waals surface area contributed by atoms with E-state index in [9.17, 15) is 19.5 Å². The molecule has 0 aliphatic carbocycles. The van der Waals surface area contributed by atoms with E-state index in [-0.39, 0.29) is 29.6 Å². The van der Waals surface area contributed by atoms with Gasteiger partial charge < -0.3 is 33.5 Å². The highest BCUT2D eigenvalue weighted by Gasteiger charge is 2.43. The molecular weight excluding hydrogens is 578 g/mol. The molecule has 45 heavy (non-hydrogen) atoms. The fourth-order valence-electron chi connectivity index (χ4n) is 6.53. The van der Waals surface area contributed by atoms with Crippen LogP contribution in [0.1, 0.15) is 74.0 Å². The maximum Gasteiger partial charge on any atom is 0.316 e. The van der Waals surface area contributed by atoms with Gasteiger partial charge in [0.2, 0.25) is 0 Å². The molecule has 0 amide bonds. The summed E-state index contributed by atoms with van der Waals surface area (Å²) in [6.07, 6.45) is 6.58. The first kappa shape index (κ1) is 36.8. The van der Waals surface area contributed by atoms with Crippen LogP contribution in [0.15, 0.2) is 43.0 Å². The van der Waals surface area contributed by atoms with E-state index in [2.05, 4.69) is 16.5 Å². The van der Waals surface area contributed by atoms with Gasteiger partial charge in [0, 0.05) is 36.7 Å². The fourth-order valence-corrected chi connectivity index (χ4v) is 6.53. The largest absolute Gasteiger partial charge is 0.458 e. The van der Waals surface area contributed by atoms with Crippen LogP contribution >= 0.6 is 0 Å². The van der Waals surface area contributed by atoms with E-state index >= 15 is 0 Å². The Balaban J connectivity index is 2.01. The van der Waals surface area contributed by atoms with Gasteiger partial charge in [0.05, 0.1) is 25.1 Å². The summed E-state index contributed by atoms with van der Waals surface area (Å²) in [5.74, 6) is -3.61. The van der Waals surface area contributed by atoms with Crippen molar-refractivity contribution in [2.45, 2.75) is 110 Å². The van der Waals surface area contributed by atoms with Crippen molar-refractivity contribution in [3.8, 4) is 0 Å². The molecule has 0 aromatic carbocycles. The van der Waals surface area contributed by atoms with Crippen molar-refractivity contribution in [2.24, 2.45) is 23.7 Å². The smallest absolute Gasteiger partial charge is 0.316 e. The molecule has 1 fully saturated rings. The molecule has 3 heterocycles. The number of Topliss-reactive ketones (excluding diaryl/α,β-unsaturated/α-hetero) is 2. The van der Waals surface area contributed by atoms with Gasteiger partial charge >= 0.3 is 5.97 Å². The second-order valence-electron chi connectivity index (χ2n) is 13.2. The van der Waals surface area contributed by atoms with Crippen molar-refractivity contribution in [3.63, 3.8) is 0 Å². The topological polar surface area (TPSA) is 129 Å². The monoisotopic (exact) mass is 631 g/mol. The van der Waals surface area contributed by atoms with Crippen LogP contribution in [0.4, 0.5) is 0 Å². The van der Waals surface area contributed by atoms with Gasteiger partial charge in [0.1, 0.15) is 17.6 Å². The lowest BCUT2D eigenvalue weighted by atomic mass is 9.80. The van der Waals surface area contributed by atoms with Gasteiger partial charge in [-0.25, -0.2) is 4.98 Å². The number of aliphatic hydroxyl groups is 1. The van der Waals surface area contributed by atoms with E-state index in [4.69, 9.17) is 18.9 Å². The van der Waals surface area contributed by atoms with E-state index < -0.39 is 60.7 Å². The molecule has 0 bridgehead atoms. The third-order valence-electron chi connectivity index (χ3n) is 9.38. The van der Waals surface area contributed by atoms with Gasteiger partial charge in [0.15, 0.2) is 24.1 Å². The van der Waals surface area contributed by atoms with Gasteiger partial charge in [-0.2, -0.15) is 0 Å². The number of aliphatic hydroxyl groups excluding tert-OH is 1. The van der Waals surface area contributed by atoms with E-state index in [0.29, 0.717) is 18.4 Å². The molecule has 11 heteroatoms. The van der Waals surface area contributed by atoms with E-state index in [1.54, 1.807) is 43.8 Å². The van der Waals surface area contributed by atoms with Crippen LogP contribution in [0.2, 0.25) is 0 Å². The van der Waals surface area contributed by atoms with Crippen LogP contribution in [0.5, 0.6) is 0 Å². The maximum atomic E-state index is 13.9. The van der Waals surface area contributed by atoms with Crippen molar-refractivity contribution >= 4 is 17.5 Å². The number of aromatic nitrogens is 2. The maximum absolute atomic E-state index is 13.9. The Morgan fingerprint density at radius 3 is 2.42 bits per heavy atom. The molecule has 1 unspecified atom stereocenters. The Kier molecular flexibility index (Phi) is 12.9. The minimum atomic E-state index is -1.51. The van der Waals surface area contributed by atoms with Crippen molar-refractivity contribution in [1.29, 1.82) is 0 Å². The zero-order valence-corrected chi connectivity index (χ0v) is 28.3. The quantitative estimate of drug-likeness (QED) is 0.254. The second kappa shape index (κ2) is 15.7. The Hall–Kier alpha value is -2.70. The Morgan fingerprint density at radius 2 is 1.84 bits per heavy atom. The van der Waals surface area contributed by atoms with Gasteiger partial charge in [0.25, 0.3) is 0 Å². The highest BCUT2D eigenvalue weighted by Crippen LogP contribution is 2.35. The number of cyclic esters (lactones) is 1. The molecule has 2 aliphatic rings. The predicted octanol–water partition coefficient (Wildman–Crippen LogP) is 4.12. The Bertz CT molecular complexity index is 1200. The predicted molar refractivity (Wildman–Crippen MR) is 169 cm³/mol. The molecule has 1 N–H and O–H groups in total. The van der Waals surface area contributed by atoms with Crippen molar-refractivity contribution in [2.75, 3.05) is 20.7 Å². The molecule has 11 atom stereocenters. The first-order chi connectivity index (χ1) is 21.1. The summed E-state index contributed by atoms with van der Waals surface area (Å²) >= 11 is 0. The molecule has 2 aliphatic heterocycles. The molecular formula is C34H53N3O8.